The SMILES string of the molecule is CC1CN([SiH](C)C)CCN1C(N)=O. The molecule has 0 spiro atoms. The molecule has 2 amide bonds. The van der Waals surface area contributed by atoms with Gasteiger partial charge in [-0.3, -0.25) is 0 Å². The van der Waals surface area contributed by atoms with Gasteiger partial charge in [0.25, 0.3) is 0 Å². The van der Waals surface area contributed by atoms with E-state index in [0.29, 0.717) is 0 Å². The molecule has 1 saturated heterocycles. The first-order valence-corrected chi connectivity index (χ1v) is 7.65. The van der Waals surface area contributed by atoms with Gasteiger partial charge in [0.05, 0.1) is 0 Å². The van der Waals surface area contributed by atoms with Gasteiger partial charge in [0.2, 0.25) is 0 Å². The van der Waals surface area contributed by atoms with Crippen molar-refractivity contribution >= 4 is 15.0 Å². The zero-order valence-electron chi connectivity index (χ0n) is 8.66. The molecule has 1 aliphatic rings. The van der Waals surface area contributed by atoms with Crippen LogP contribution >= 0.6 is 0 Å². The van der Waals surface area contributed by atoms with E-state index in [1.165, 1.54) is 0 Å². The van der Waals surface area contributed by atoms with E-state index in [9.17, 15) is 4.79 Å². The van der Waals surface area contributed by atoms with E-state index in [2.05, 4.69) is 24.6 Å². The van der Waals surface area contributed by atoms with Crippen LogP contribution in [0.2, 0.25) is 13.1 Å². The van der Waals surface area contributed by atoms with Gasteiger partial charge in [-0.1, -0.05) is 13.1 Å². The zero-order chi connectivity index (χ0) is 10.0. The lowest BCUT2D eigenvalue weighted by Gasteiger charge is -2.40. The summed E-state index contributed by atoms with van der Waals surface area (Å²) in [4.78, 5) is 12.7. The van der Waals surface area contributed by atoms with Crippen LogP contribution in [-0.2, 0) is 0 Å². The maximum atomic E-state index is 11.0. The molecule has 1 heterocycles. The van der Waals surface area contributed by atoms with Crippen LogP contribution in [0.15, 0.2) is 0 Å². The van der Waals surface area contributed by atoms with Crippen LogP contribution in [0.4, 0.5) is 4.79 Å². The van der Waals surface area contributed by atoms with Crippen LogP contribution in [-0.4, -0.2) is 50.1 Å². The summed E-state index contributed by atoms with van der Waals surface area (Å²) in [7, 11) is -0.694. The number of hydrogen-bond donors (Lipinski definition) is 1. The molecular weight excluding hydrogens is 182 g/mol. The number of nitrogens with zero attached hydrogens (tertiary/aromatic N) is 2. The van der Waals surface area contributed by atoms with Gasteiger partial charge >= 0.3 is 6.03 Å². The molecule has 0 aromatic carbocycles. The van der Waals surface area contributed by atoms with Crippen LogP contribution in [0.1, 0.15) is 6.92 Å². The molecule has 0 radical (unpaired) electrons. The lowest BCUT2D eigenvalue weighted by Crippen LogP contribution is -2.57. The predicted octanol–water partition coefficient (Wildman–Crippen LogP) is 0.0546. The van der Waals surface area contributed by atoms with Crippen LogP contribution in [0.5, 0.6) is 0 Å². The van der Waals surface area contributed by atoms with Crippen molar-refractivity contribution in [2.75, 3.05) is 19.6 Å². The monoisotopic (exact) mass is 201 g/mol. The first kappa shape index (κ1) is 10.5. The Bertz CT molecular complexity index is 198. The molecule has 0 saturated carbocycles. The Labute approximate surface area is 81.4 Å². The van der Waals surface area contributed by atoms with Gasteiger partial charge in [0.15, 0.2) is 0 Å². The fourth-order valence-electron chi connectivity index (χ4n) is 1.78. The number of piperazine rings is 1. The summed E-state index contributed by atoms with van der Waals surface area (Å²) in [6.07, 6.45) is 0. The summed E-state index contributed by atoms with van der Waals surface area (Å²) in [5.74, 6) is 0. The molecule has 1 unspecified atom stereocenters. The lowest BCUT2D eigenvalue weighted by molar-refractivity contribution is 0.144. The van der Waals surface area contributed by atoms with Gasteiger partial charge in [0.1, 0.15) is 8.96 Å². The smallest absolute Gasteiger partial charge is 0.315 e. The van der Waals surface area contributed by atoms with E-state index < -0.39 is 8.96 Å². The minimum absolute atomic E-state index is 0.279. The number of carbonyl (C=O) groups excluding carboxylic acids is 1. The maximum Gasteiger partial charge on any atom is 0.315 e. The van der Waals surface area contributed by atoms with Crippen molar-refractivity contribution in [3.8, 4) is 0 Å². The predicted molar refractivity (Wildman–Crippen MR) is 56.2 cm³/mol. The standard InChI is InChI=1S/C8H19N3OSi/c1-7-6-10(13(2)3)4-5-11(7)8(9)12/h7,13H,4-6H2,1-3H3,(H2,9,12). The van der Waals surface area contributed by atoms with E-state index in [1.54, 1.807) is 4.90 Å². The minimum atomic E-state index is -0.694. The van der Waals surface area contributed by atoms with Crippen molar-refractivity contribution in [1.29, 1.82) is 0 Å². The molecule has 1 aliphatic heterocycles. The van der Waals surface area contributed by atoms with Crippen molar-refractivity contribution in [2.24, 2.45) is 5.73 Å². The van der Waals surface area contributed by atoms with Crippen molar-refractivity contribution in [3.05, 3.63) is 0 Å². The molecule has 0 aromatic rings. The quantitative estimate of drug-likeness (QED) is 0.610. The molecule has 0 bridgehead atoms. The molecule has 5 heteroatoms. The molecule has 76 valence electrons. The van der Waals surface area contributed by atoms with E-state index in [-0.39, 0.29) is 12.1 Å². The van der Waals surface area contributed by atoms with Gasteiger partial charge in [0, 0.05) is 25.7 Å². The molecule has 0 aliphatic carbocycles. The summed E-state index contributed by atoms with van der Waals surface area (Å²) in [5.41, 5.74) is 5.26. The third-order valence-electron chi connectivity index (χ3n) is 2.67. The maximum absolute atomic E-state index is 11.0. The van der Waals surface area contributed by atoms with Gasteiger partial charge in [-0.05, 0) is 6.92 Å². The number of urea groups is 1. The summed E-state index contributed by atoms with van der Waals surface area (Å²) < 4.78 is 2.50. The number of hydrogen-bond acceptors (Lipinski definition) is 2. The first-order valence-electron chi connectivity index (χ1n) is 4.82. The van der Waals surface area contributed by atoms with Gasteiger partial charge in [-0.2, -0.15) is 0 Å². The second-order valence-electron chi connectivity index (χ2n) is 3.97. The molecule has 4 nitrogen and oxygen atoms in total. The molecule has 1 atom stereocenters. The molecule has 13 heavy (non-hydrogen) atoms. The largest absolute Gasteiger partial charge is 0.351 e. The molecule has 1 rings (SSSR count). The summed E-state index contributed by atoms with van der Waals surface area (Å²) in [6.45, 7) is 9.47. The van der Waals surface area contributed by atoms with Crippen LogP contribution in [0, 0.1) is 0 Å². The van der Waals surface area contributed by atoms with E-state index >= 15 is 0 Å². The minimum Gasteiger partial charge on any atom is -0.351 e. The third-order valence-corrected chi connectivity index (χ3v) is 4.60. The highest BCUT2D eigenvalue weighted by molar-refractivity contribution is 6.52. The zero-order valence-corrected chi connectivity index (χ0v) is 9.81. The second-order valence-corrected chi connectivity index (χ2v) is 6.89. The van der Waals surface area contributed by atoms with Gasteiger partial charge < -0.3 is 15.2 Å². The average molecular weight is 201 g/mol. The number of carbonyl (C=O) groups is 1. The number of primary amides is 1. The van der Waals surface area contributed by atoms with Crippen LogP contribution < -0.4 is 5.73 Å². The van der Waals surface area contributed by atoms with Crippen LogP contribution in [0.3, 0.4) is 0 Å². The highest BCUT2D eigenvalue weighted by Gasteiger charge is 2.26. The fraction of sp³-hybridized carbons (Fsp3) is 0.875. The topological polar surface area (TPSA) is 49.6 Å². The Balaban J connectivity index is 2.51. The van der Waals surface area contributed by atoms with Crippen molar-refractivity contribution in [3.63, 3.8) is 0 Å². The normalized spacial score (nSPS) is 25.2. The summed E-state index contributed by atoms with van der Waals surface area (Å²) >= 11 is 0. The van der Waals surface area contributed by atoms with Gasteiger partial charge in [-0.15, -0.1) is 0 Å². The summed E-state index contributed by atoms with van der Waals surface area (Å²) in [5, 5.41) is 0. The lowest BCUT2D eigenvalue weighted by atomic mass is 10.2. The number of rotatable bonds is 1. The molecule has 0 aromatic heterocycles. The van der Waals surface area contributed by atoms with E-state index in [4.69, 9.17) is 5.73 Å². The Morgan fingerprint density at radius 2 is 2.08 bits per heavy atom. The first-order chi connectivity index (χ1) is 6.02. The Hall–Kier alpha value is -0.553. The Kier molecular flexibility index (Phi) is 3.32. The molecule has 1 fully saturated rings. The number of amides is 2. The van der Waals surface area contributed by atoms with Crippen molar-refractivity contribution in [1.82, 2.24) is 9.47 Å². The molecular formula is C8H19N3OSi. The third kappa shape index (κ3) is 2.44. The highest BCUT2D eigenvalue weighted by atomic mass is 28.3. The number of nitrogens with two attached hydrogens (primary N) is 1. The van der Waals surface area contributed by atoms with E-state index in [1.807, 2.05) is 0 Å². The molecule has 2 N–H and O–H groups in total. The van der Waals surface area contributed by atoms with Crippen LogP contribution in [0.25, 0.3) is 0 Å². The van der Waals surface area contributed by atoms with Crippen molar-refractivity contribution in [2.45, 2.75) is 26.1 Å². The van der Waals surface area contributed by atoms with Crippen molar-refractivity contribution < 1.29 is 4.79 Å². The fourth-order valence-corrected chi connectivity index (χ4v) is 3.14. The summed E-state index contributed by atoms with van der Waals surface area (Å²) in [6, 6.07) is -0.00118. The van der Waals surface area contributed by atoms with Gasteiger partial charge in [-0.25, -0.2) is 4.79 Å². The second kappa shape index (κ2) is 4.10. The Morgan fingerprint density at radius 3 is 2.46 bits per heavy atom. The Morgan fingerprint density at radius 1 is 1.46 bits per heavy atom. The van der Waals surface area contributed by atoms with E-state index in [0.717, 1.165) is 19.6 Å². The average Bonchev–Trinajstić information content (AvgIpc) is 2.03. The highest BCUT2D eigenvalue weighted by Crippen LogP contribution is 2.10.